The van der Waals surface area contributed by atoms with Gasteiger partial charge in [0.25, 0.3) is 11.8 Å². The Balaban J connectivity index is 1.55. The zero-order chi connectivity index (χ0) is 22.8. The standard InChI is InChI=1S/C19H18F2N4O6S/c1-18(28,29)19(20,21)31-12-3-2-11(15-22-4-5-32-15)14-13(12)23-16(30-14)24-7-9-6-10(8-24)25(9)17(26)27/h2-5,9-10,28-29H,6-8H2,1H3,(H,26,27). The summed E-state index contributed by atoms with van der Waals surface area (Å²) in [5.74, 6) is -3.82. The third-order valence-electron chi connectivity index (χ3n) is 5.63. The summed E-state index contributed by atoms with van der Waals surface area (Å²) in [5, 5.41) is 30.3. The second-order valence-electron chi connectivity index (χ2n) is 7.90. The number of carbonyl (C=O) groups is 1. The minimum Gasteiger partial charge on any atom is -0.465 e. The molecule has 2 aromatic heterocycles. The summed E-state index contributed by atoms with van der Waals surface area (Å²) < 4.78 is 39.0. The van der Waals surface area contributed by atoms with Gasteiger partial charge in [0.1, 0.15) is 5.01 Å². The first kappa shape index (κ1) is 20.8. The molecule has 1 amide bonds. The Kier molecular flexibility index (Phi) is 4.55. The van der Waals surface area contributed by atoms with Gasteiger partial charge in [0.05, 0.1) is 17.6 Å². The van der Waals surface area contributed by atoms with Crippen molar-refractivity contribution < 1.29 is 38.0 Å². The number of hydrogen-bond donors (Lipinski definition) is 3. The summed E-state index contributed by atoms with van der Waals surface area (Å²) in [6.07, 6.45) is -2.98. The molecule has 3 N–H and O–H groups in total. The van der Waals surface area contributed by atoms with Crippen molar-refractivity contribution in [3.8, 4) is 16.3 Å². The number of oxazole rings is 1. The van der Waals surface area contributed by atoms with Gasteiger partial charge in [-0.05, 0) is 25.5 Å². The molecule has 170 valence electrons. The van der Waals surface area contributed by atoms with E-state index in [1.54, 1.807) is 16.5 Å². The number of alkyl halides is 2. The molecular weight excluding hydrogens is 450 g/mol. The molecular formula is C19H18F2N4O6S. The van der Waals surface area contributed by atoms with Crippen molar-refractivity contribution in [2.45, 2.75) is 37.3 Å². The normalized spacial score (nSPS) is 21.0. The van der Waals surface area contributed by atoms with Gasteiger partial charge in [0, 0.05) is 24.7 Å². The van der Waals surface area contributed by atoms with Crippen molar-refractivity contribution in [3.05, 3.63) is 23.7 Å². The molecule has 2 bridgehead atoms. The fraction of sp³-hybridized carbons (Fsp3) is 0.421. The average Bonchev–Trinajstić information content (AvgIpc) is 3.37. The van der Waals surface area contributed by atoms with Gasteiger partial charge in [-0.25, -0.2) is 9.78 Å². The third kappa shape index (κ3) is 3.24. The number of carboxylic acid groups (broad SMARTS) is 1. The molecule has 0 radical (unpaired) electrons. The Morgan fingerprint density at radius 1 is 1.31 bits per heavy atom. The number of amides is 1. The average molecular weight is 468 g/mol. The van der Waals surface area contributed by atoms with Crippen LogP contribution in [0, 0.1) is 0 Å². The first-order valence-electron chi connectivity index (χ1n) is 9.66. The van der Waals surface area contributed by atoms with E-state index in [0.717, 1.165) is 6.42 Å². The topological polar surface area (TPSA) is 132 Å². The lowest BCUT2D eigenvalue weighted by molar-refractivity contribution is -0.359. The monoisotopic (exact) mass is 468 g/mol. The molecule has 32 heavy (non-hydrogen) atoms. The van der Waals surface area contributed by atoms with Crippen molar-refractivity contribution >= 4 is 34.5 Å². The maximum Gasteiger partial charge on any atom is 0.453 e. The van der Waals surface area contributed by atoms with Crippen LogP contribution in [-0.2, 0) is 0 Å². The number of anilines is 1. The molecule has 13 heteroatoms. The van der Waals surface area contributed by atoms with Crippen LogP contribution in [0.25, 0.3) is 21.7 Å². The maximum atomic E-state index is 14.2. The second kappa shape index (κ2) is 6.98. The highest BCUT2D eigenvalue weighted by Crippen LogP contribution is 2.42. The third-order valence-corrected chi connectivity index (χ3v) is 6.44. The van der Waals surface area contributed by atoms with Crippen LogP contribution in [-0.4, -0.2) is 73.3 Å². The fourth-order valence-corrected chi connectivity index (χ4v) is 4.69. The van der Waals surface area contributed by atoms with Gasteiger partial charge in [-0.1, -0.05) is 0 Å². The SMILES string of the molecule is CC(O)(O)C(F)(F)Oc1ccc(-c2nccs2)c2oc(N3CC4CC(C3)N4C(=O)O)nc12. The lowest BCUT2D eigenvalue weighted by Gasteiger charge is -2.54. The van der Waals surface area contributed by atoms with Gasteiger partial charge in [0.15, 0.2) is 16.8 Å². The van der Waals surface area contributed by atoms with E-state index >= 15 is 0 Å². The molecule has 0 spiro atoms. The van der Waals surface area contributed by atoms with E-state index in [1.165, 1.54) is 28.4 Å². The van der Waals surface area contributed by atoms with E-state index in [4.69, 9.17) is 4.42 Å². The van der Waals surface area contributed by atoms with Crippen LogP contribution in [0.2, 0.25) is 0 Å². The Labute approximate surface area is 183 Å². The van der Waals surface area contributed by atoms with Crippen LogP contribution in [0.3, 0.4) is 0 Å². The highest BCUT2D eigenvalue weighted by Gasteiger charge is 2.52. The molecule has 2 unspecified atom stereocenters. The van der Waals surface area contributed by atoms with Crippen molar-refractivity contribution in [2.75, 3.05) is 18.0 Å². The number of aliphatic hydroxyl groups is 2. The number of ether oxygens (including phenoxy) is 1. The molecule has 3 fully saturated rings. The number of halogens is 2. The highest BCUT2D eigenvalue weighted by atomic mass is 32.1. The van der Waals surface area contributed by atoms with Gasteiger partial charge in [-0.15, -0.1) is 11.3 Å². The number of thiazole rings is 1. The number of fused-ring (bicyclic) bond motifs is 3. The zero-order valence-electron chi connectivity index (χ0n) is 16.6. The summed E-state index contributed by atoms with van der Waals surface area (Å²) in [6.45, 7) is 1.20. The quantitative estimate of drug-likeness (QED) is 0.483. The van der Waals surface area contributed by atoms with Crippen molar-refractivity contribution in [3.63, 3.8) is 0 Å². The number of piperidine rings is 1. The lowest BCUT2D eigenvalue weighted by Crippen LogP contribution is -2.70. The molecule has 1 aromatic carbocycles. The van der Waals surface area contributed by atoms with E-state index in [-0.39, 0.29) is 29.2 Å². The summed E-state index contributed by atoms with van der Waals surface area (Å²) in [7, 11) is 0. The smallest absolute Gasteiger partial charge is 0.453 e. The molecule has 0 saturated carbocycles. The second-order valence-corrected chi connectivity index (χ2v) is 8.80. The Bertz CT molecular complexity index is 1170. The summed E-state index contributed by atoms with van der Waals surface area (Å²) in [6, 6.07) is 2.44. The molecule has 3 aromatic rings. The Morgan fingerprint density at radius 3 is 2.62 bits per heavy atom. The predicted molar refractivity (Wildman–Crippen MR) is 108 cm³/mol. The lowest BCUT2D eigenvalue weighted by atomic mass is 9.88. The van der Waals surface area contributed by atoms with Gasteiger partial charge in [-0.3, -0.25) is 4.90 Å². The zero-order valence-corrected chi connectivity index (χ0v) is 17.4. The van der Waals surface area contributed by atoms with Crippen LogP contribution in [0.1, 0.15) is 13.3 Å². The number of aromatic nitrogens is 2. The molecule has 6 rings (SSSR count). The fourth-order valence-electron chi connectivity index (χ4n) is 4.03. The van der Waals surface area contributed by atoms with E-state index in [9.17, 15) is 28.9 Å². The van der Waals surface area contributed by atoms with E-state index in [1.807, 2.05) is 0 Å². The predicted octanol–water partition coefficient (Wildman–Crippen LogP) is 2.56. The molecule has 0 aliphatic carbocycles. The first-order chi connectivity index (χ1) is 15.0. The highest BCUT2D eigenvalue weighted by molar-refractivity contribution is 7.13. The van der Waals surface area contributed by atoms with Crippen LogP contribution in [0.15, 0.2) is 28.1 Å². The molecule has 10 nitrogen and oxygen atoms in total. The number of hydrogen-bond acceptors (Lipinski definition) is 9. The Morgan fingerprint density at radius 2 is 2.03 bits per heavy atom. The molecule has 2 atom stereocenters. The summed E-state index contributed by atoms with van der Waals surface area (Å²) >= 11 is 1.32. The van der Waals surface area contributed by atoms with Crippen molar-refractivity contribution in [1.82, 2.24) is 14.9 Å². The van der Waals surface area contributed by atoms with E-state index in [2.05, 4.69) is 14.7 Å². The van der Waals surface area contributed by atoms with Gasteiger partial charge in [-0.2, -0.15) is 13.8 Å². The molecule has 3 saturated heterocycles. The molecule has 3 aliphatic heterocycles. The summed E-state index contributed by atoms with van der Waals surface area (Å²) in [5.41, 5.74) is 0.621. The minimum absolute atomic E-state index is 0.0361. The van der Waals surface area contributed by atoms with Gasteiger partial charge < -0.3 is 29.4 Å². The van der Waals surface area contributed by atoms with Crippen LogP contribution >= 0.6 is 11.3 Å². The minimum atomic E-state index is -4.32. The molecule has 3 aliphatic rings. The van der Waals surface area contributed by atoms with Gasteiger partial charge in [0.2, 0.25) is 0 Å². The van der Waals surface area contributed by atoms with Crippen LogP contribution in [0.4, 0.5) is 19.6 Å². The van der Waals surface area contributed by atoms with Crippen LogP contribution < -0.4 is 9.64 Å². The first-order valence-corrected chi connectivity index (χ1v) is 10.5. The van der Waals surface area contributed by atoms with Crippen molar-refractivity contribution in [2.24, 2.45) is 0 Å². The largest absolute Gasteiger partial charge is 0.465 e. The number of piperazine rings is 1. The maximum absolute atomic E-state index is 14.2. The number of nitrogens with zero attached hydrogens (tertiary/aromatic N) is 4. The number of benzene rings is 1. The van der Waals surface area contributed by atoms with E-state index in [0.29, 0.717) is 30.6 Å². The van der Waals surface area contributed by atoms with E-state index < -0.39 is 23.7 Å². The van der Waals surface area contributed by atoms with Crippen molar-refractivity contribution in [1.29, 1.82) is 0 Å². The number of rotatable bonds is 5. The molecule has 5 heterocycles. The van der Waals surface area contributed by atoms with Gasteiger partial charge >= 0.3 is 12.2 Å². The Hall–Kier alpha value is -3.03. The summed E-state index contributed by atoms with van der Waals surface area (Å²) in [4.78, 5) is 23.1. The van der Waals surface area contributed by atoms with Crippen LogP contribution in [0.5, 0.6) is 5.75 Å².